The highest BCUT2D eigenvalue weighted by Gasteiger charge is 2.36. The van der Waals surface area contributed by atoms with Crippen LogP contribution in [0.25, 0.3) is 6.08 Å². The molecule has 7 heteroatoms. The molecule has 1 saturated heterocycles. The predicted molar refractivity (Wildman–Crippen MR) is 109 cm³/mol. The highest BCUT2D eigenvalue weighted by atomic mass is 35.5. The Kier molecular flexibility index (Phi) is 5.98. The number of benzene rings is 2. The third kappa shape index (κ3) is 4.59. The highest BCUT2D eigenvalue weighted by Crippen LogP contribution is 2.33. The van der Waals surface area contributed by atoms with Crippen LogP contribution in [-0.4, -0.2) is 28.5 Å². The fourth-order valence-corrected chi connectivity index (χ4v) is 3.56. The first-order valence-electron chi connectivity index (χ1n) is 8.36. The molecule has 1 N–H and O–H groups in total. The summed E-state index contributed by atoms with van der Waals surface area (Å²) < 4.78 is 0. The van der Waals surface area contributed by atoms with Crippen LogP contribution in [0.4, 0.5) is 10.5 Å². The van der Waals surface area contributed by atoms with Crippen LogP contribution >= 0.6 is 23.4 Å². The number of thioether (sulfide) groups is 1. The lowest BCUT2D eigenvalue weighted by molar-refractivity contribution is -0.127. The third-order valence-corrected chi connectivity index (χ3v) is 5.26. The SMILES string of the molecule is CCc1ccc(NC(=O)CN2C(=O)S/C(=C/c3ccccc3Cl)C2=O)cc1. The van der Waals surface area contributed by atoms with Gasteiger partial charge in [0.05, 0.1) is 4.91 Å². The summed E-state index contributed by atoms with van der Waals surface area (Å²) in [6, 6.07) is 14.5. The van der Waals surface area contributed by atoms with Crippen molar-refractivity contribution >= 4 is 52.2 Å². The molecule has 0 unspecified atom stereocenters. The number of rotatable bonds is 5. The molecule has 3 rings (SSSR count). The molecule has 2 aromatic rings. The van der Waals surface area contributed by atoms with E-state index >= 15 is 0 Å². The number of carbonyl (C=O) groups excluding carboxylic acids is 3. The van der Waals surface area contributed by atoms with Gasteiger partial charge < -0.3 is 5.32 Å². The molecule has 2 aromatic carbocycles. The molecule has 1 aliphatic rings. The quantitative estimate of drug-likeness (QED) is 0.746. The topological polar surface area (TPSA) is 66.5 Å². The second-order valence-electron chi connectivity index (χ2n) is 5.89. The number of anilines is 1. The largest absolute Gasteiger partial charge is 0.325 e. The third-order valence-electron chi connectivity index (χ3n) is 4.01. The molecule has 0 spiro atoms. The van der Waals surface area contributed by atoms with Gasteiger partial charge in [-0.2, -0.15) is 0 Å². The first-order chi connectivity index (χ1) is 13.0. The maximum atomic E-state index is 12.5. The Labute approximate surface area is 166 Å². The van der Waals surface area contributed by atoms with E-state index in [1.807, 2.05) is 19.1 Å². The maximum Gasteiger partial charge on any atom is 0.294 e. The van der Waals surface area contributed by atoms with Crippen molar-refractivity contribution in [2.45, 2.75) is 13.3 Å². The minimum absolute atomic E-state index is 0.244. The van der Waals surface area contributed by atoms with Gasteiger partial charge in [-0.1, -0.05) is 48.9 Å². The molecule has 1 aliphatic heterocycles. The van der Waals surface area contributed by atoms with E-state index in [1.54, 1.807) is 42.5 Å². The fourth-order valence-electron chi connectivity index (χ4n) is 2.54. The molecule has 138 valence electrons. The molecular formula is C20H17ClN2O3S. The van der Waals surface area contributed by atoms with E-state index in [9.17, 15) is 14.4 Å². The Morgan fingerprint density at radius 1 is 1.15 bits per heavy atom. The van der Waals surface area contributed by atoms with Crippen molar-refractivity contribution in [3.63, 3.8) is 0 Å². The summed E-state index contributed by atoms with van der Waals surface area (Å²) in [5, 5.41) is 2.71. The van der Waals surface area contributed by atoms with E-state index in [2.05, 4.69) is 5.32 Å². The molecule has 5 nitrogen and oxygen atoms in total. The number of carbonyl (C=O) groups is 3. The first kappa shape index (κ1) is 19.2. The van der Waals surface area contributed by atoms with Crippen LogP contribution in [0, 0.1) is 0 Å². The first-order valence-corrected chi connectivity index (χ1v) is 9.56. The van der Waals surface area contributed by atoms with Gasteiger partial charge in [0, 0.05) is 10.7 Å². The normalized spacial score (nSPS) is 15.5. The van der Waals surface area contributed by atoms with E-state index in [0.29, 0.717) is 16.3 Å². The van der Waals surface area contributed by atoms with Gasteiger partial charge >= 0.3 is 0 Å². The van der Waals surface area contributed by atoms with Crippen molar-refractivity contribution in [3.05, 3.63) is 69.6 Å². The number of aryl methyl sites for hydroxylation is 1. The highest BCUT2D eigenvalue weighted by molar-refractivity contribution is 8.18. The molecule has 0 aromatic heterocycles. The maximum absolute atomic E-state index is 12.5. The van der Waals surface area contributed by atoms with Crippen molar-refractivity contribution < 1.29 is 14.4 Å². The average molecular weight is 401 g/mol. The van der Waals surface area contributed by atoms with E-state index in [0.717, 1.165) is 28.6 Å². The van der Waals surface area contributed by atoms with Crippen LogP contribution in [0.1, 0.15) is 18.1 Å². The second kappa shape index (κ2) is 8.41. The van der Waals surface area contributed by atoms with E-state index in [4.69, 9.17) is 11.6 Å². The fraction of sp³-hybridized carbons (Fsp3) is 0.150. The Bertz CT molecular complexity index is 925. The van der Waals surface area contributed by atoms with Crippen molar-refractivity contribution in [1.82, 2.24) is 4.90 Å². The van der Waals surface area contributed by atoms with Gasteiger partial charge in [0.2, 0.25) is 5.91 Å². The summed E-state index contributed by atoms with van der Waals surface area (Å²) in [4.78, 5) is 38.1. The Morgan fingerprint density at radius 2 is 1.85 bits per heavy atom. The molecule has 1 fully saturated rings. The minimum Gasteiger partial charge on any atom is -0.325 e. The summed E-state index contributed by atoms with van der Waals surface area (Å²) in [6.07, 6.45) is 2.47. The molecule has 1 heterocycles. The van der Waals surface area contributed by atoms with Crippen LogP contribution in [0.15, 0.2) is 53.4 Å². The van der Waals surface area contributed by atoms with Gasteiger partial charge in [0.25, 0.3) is 11.1 Å². The molecule has 27 heavy (non-hydrogen) atoms. The lowest BCUT2D eigenvalue weighted by Crippen LogP contribution is -2.36. The molecule has 0 bridgehead atoms. The van der Waals surface area contributed by atoms with Crippen molar-refractivity contribution in [2.24, 2.45) is 0 Å². The molecule has 0 aliphatic carbocycles. The summed E-state index contributed by atoms with van der Waals surface area (Å²) in [6.45, 7) is 1.71. The average Bonchev–Trinajstić information content (AvgIpc) is 2.91. The standard InChI is InChI=1S/C20H17ClN2O3S/c1-2-13-7-9-15(10-8-13)22-18(24)12-23-19(25)17(27-20(23)26)11-14-5-3-4-6-16(14)21/h3-11H,2,12H2,1H3,(H,22,24)/b17-11+. The van der Waals surface area contributed by atoms with Gasteiger partial charge in [-0.25, -0.2) is 0 Å². The smallest absolute Gasteiger partial charge is 0.294 e. The number of amides is 3. The molecule has 0 radical (unpaired) electrons. The number of imide groups is 1. The van der Waals surface area contributed by atoms with E-state index < -0.39 is 17.1 Å². The van der Waals surface area contributed by atoms with Gasteiger partial charge in [-0.3, -0.25) is 19.3 Å². The monoisotopic (exact) mass is 400 g/mol. The van der Waals surface area contributed by atoms with Crippen LogP contribution in [0.2, 0.25) is 5.02 Å². The van der Waals surface area contributed by atoms with Crippen molar-refractivity contribution in [3.8, 4) is 0 Å². The molecular weight excluding hydrogens is 384 g/mol. The number of hydrogen-bond donors (Lipinski definition) is 1. The van der Waals surface area contributed by atoms with Gasteiger partial charge in [0.1, 0.15) is 6.54 Å². The van der Waals surface area contributed by atoms with E-state index in [-0.39, 0.29) is 11.4 Å². The van der Waals surface area contributed by atoms with Crippen LogP contribution in [0.5, 0.6) is 0 Å². The van der Waals surface area contributed by atoms with Crippen LogP contribution in [0.3, 0.4) is 0 Å². The Morgan fingerprint density at radius 3 is 2.52 bits per heavy atom. The zero-order valence-electron chi connectivity index (χ0n) is 14.6. The van der Waals surface area contributed by atoms with E-state index in [1.165, 1.54) is 0 Å². The number of hydrogen-bond acceptors (Lipinski definition) is 4. The summed E-state index contributed by atoms with van der Waals surface area (Å²) in [7, 11) is 0. The lowest BCUT2D eigenvalue weighted by Gasteiger charge is -2.12. The van der Waals surface area contributed by atoms with Crippen molar-refractivity contribution in [2.75, 3.05) is 11.9 Å². The zero-order valence-corrected chi connectivity index (χ0v) is 16.1. The molecule has 0 saturated carbocycles. The Balaban J connectivity index is 1.68. The van der Waals surface area contributed by atoms with Crippen LogP contribution < -0.4 is 5.32 Å². The lowest BCUT2D eigenvalue weighted by atomic mass is 10.1. The molecule has 0 atom stereocenters. The number of nitrogens with one attached hydrogen (secondary N) is 1. The van der Waals surface area contributed by atoms with Crippen LogP contribution in [-0.2, 0) is 16.0 Å². The predicted octanol–water partition coefficient (Wildman–Crippen LogP) is 4.58. The summed E-state index contributed by atoms with van der Waals surface area (Å²) in [5.41, 5.74) is 2.42. The summed E-state index contributed by atoms with van der Waals surface area (Å²) >= 11 is 6.89. The van der Waals surface area contributed by atoms with Gasteiger partial charge in [0.15, 0.2) is 0 Å². The minimum atomic E-state index is -0.499. The second-order valence-corrected chi connectivity index (χ2v) is 7.29. The van der Waals surface area contributed by atoms with Gasteiger partial charge in [-0.05, 0) is 53.6 Å². The van der Waals surface area contributed by atoms with Gasteiger partial charge in [-0.15, -0.1) is 0 Å². The number of halogens is 1. The molecule has 3 amide bonds. The zero-order chi connectivity index (χ0) is 19.4. The number of nitrogens with zero attached hydrogens (tertiary/aromatic N) is 1. The summed E-state index contributed by atoms with van der Waals surface area (Å²) in [5.74, 6) is -0.929. The van der Waals surface area contributed by atoms with Crippen molar-refractivity contribution in [1.29, 1.82) is 0 Å². The Hall–Kier alpha value is -2.57.